The van der Waals surface area contributed by atoms with E-state index < -0.39 is 35.2 Å². The van der Waals surface area contributed by atoms with Gasteiger partial charge in [0.1, 0.15) is 0 Å². The molecule has 348 valence electrons. The number of ether oxygens (including phenoxy) is 5. The van der Waals surface area contributed by atoms with Crippen LogP contribution in [-0.4, -0.2) is 214 Å². The van der Waals surface area contributed by atoms with E-state index in [2.05, 4.69) is 32.6 Å². The van der Waals surface area contributed by atoms with Gasteiger partial charge in [0.2, 0.25) is 0 Å². The van der Waals surface area contributed by atoms with Crippen LogP contribution in [0.4, 0.5) is 0 Å². The zero-order valence-corrected chi connectivity index (χ0v) is 41.8. The summed E-state index contributed by atoms with van der Waals surface area (Å²) in [6.07, 6.45) is -2.34. The second kappa shape index (κ2) is 20.9. The Bertz CT molecular complexity index is 1480. The molecular formula is C38H80N7O11P3. The standard InChI is InChI=1S/C38H80N7O11P3/c1-29-17-42(37(5,6)7)21-33(53-29)26-50-58(47,40(13)14)44-19-31(3)55-35(23-44)28-52-59(48,41(15)16)45-20-32(4)56-36(24-45)27-51-57(46,39(11)12)43-18-30(2)54-34(22-43)25-49-38(8,9)10/h29-36H,17-28H2,1-16H3. The monoisotopic (exact) mass is 904 g/mol. The summed E-state index contributed by atoms with van der Waals surface area (Å²) in [6, 6.07) is 0. The van der Waals surface area contributed by atoms with Crippen molar-refractivity contribution in [3.63, 3.8) is 0 Å². The van der Waals surface area contributed by atoms with E-state index in [-0.39, 0.29) is 80.7 Å². The Hall–Kier alpha value is 0.0900. The molecule has 0 amide bonds. The normalized spacial score (nSPS) is 33.6. The maximum Gasteiger partial charge on any atom is 0.345 e. The van der Waals surface area contributed by atoms with Gasteiger partial charge in [0, 0.05) is 57.9 Å². The SMILES string of the molecule is CC1CN(C(C)(C)C)CC(COP(=O)(N(C)C)N2CC(C)OC(COP(=O)(N(C)C)N3CC(C)OC(COP(=O)(N(C)C)N4CC(C)OC(COC(C)(C)C)C4)C3)C2)O1. The molecule has 21 heteroatoms. The Labute approximate surface area is 356 Å². The first-order valence-corrected chi connectivity index (χ1v) is 25.8. The molecule has 4 fully saturated rings. The number of hydrogen-bond donors (Lipinski definition) is 0. The van der Waals surface area contributed by atoms with Gasteiger partial charge in [-0.25, -0.2) is 28.0 Å². The van der Waals surface area contributed by atoms with Crippen LogP contribution >= 0.6 is 23.0 Å². The summed E-state index contributed by atoms with van der Waals surface area (Å²) in [4.78, 5) is 2.38. The third kappa shape index (κ3) is 14.0. The molecular weight excluding hydrogens is 823 g/mol. The van der Waals surface area contributed by atoms with E-state index in [1.807, 2.05) is 50.9 Å². The Morgan fingerprint density at radius 3 is 1.05 bits per heavy atom. The topological polar surface area (TPSA) is 148 Å². The van der Waals surface area contributed by atoms with Crippen molar-refractivity contribution in [1.82, 2.24) is 32.9 Å². The van der Waals surface area contributed by atoms with Crippen molar-refractivity contribution in [2.75, 3.05) is 121 Å². The molecule has 0 spiro atoms. The summed E-state index contributed by atoms with van der Waals surface area (Å²) in [5.74, 6) is 0. The van der Waals surface area contributed by atoms with Gasteiger partial charge in [0.05, 0.1) is 80.9 Å². The van der Waals surface area contributed by atoms with Crippen molar-refractivity contribution < 1.29 is 51.0 Å². The summed E-state index contributed by atoms with van der Waals surface area (Å²) in [7, 11) is -0.168. The minimum Gasteiger partial charge on any atom is -0.373 e. The van der Waals surface area contributed by atoms with Crippen molar-refractivity contribution in [1.29, 1.82) is 0 Å². The molecule has 4 saturated heterocycles. The van der Waals surface area contributed by atoms with Gasteiger partial charge >= 0.3 is 23.0 Å². The van der Waals surface area contributed by atoms with Gasteiger partial charge < -0.3 is 37.3 Å². The molecule has 4 aliphatic heterocycles. The van der Waals surface area contributed by atoms with Crippen LogP contribution in [0.5, 0.6) is 0 Å². The lowest BCUT2D eigenvalue weighted by Crippen LogP contribution is -2.55. The smallest absolute Gasteiger partial charge is 0.345 e. The molecule has 0 N–H and O–H groups in total. The molecule has 4 aliphatic rings. The van der Waals surface area contributed by atoms with Gasteiger partial charge in [0.15, 0.2) is 0 Å². The van der Waals surface area contributed by atoms with Crippen LogP contribution in [0.2, 0.25) is 0 Å². The van der Waals surface area contributed by atoms with Gasteiger partial charge in [-0.2, -0.15) is 0 Å². The van der Waals surface area contributed by atoms with Crippen molar-refractivity contribution >= 4 is 23.0 Å². The van der Waals surface area contributed by atoms with E-state index in [1.54, 1.807) is 61.0 Å². The van der Waals surface area contributed by atoms with Crippen LogP contribution in [-0.2, 0) is 51.0 Å². The average Bonchev–Trinajstić information content (AvgIpc) is 3.12. The minimum atomic E-state index is -3.63. The first-order valence-electron chi connectivity index (χ1n) is 21.2. The predicted molar refractivity (Wildman–Crippen MR) is 231 cm³/mol. The molecule has 0 aromatic heterocycles. The third-order valence-electron chi connectivity index (χ3n) is 10.8. The van der Waals surface area contributed by atoms with Crippen molar-refractivity contribution in [2.45, 2.75) is 129 Å². The highest BCUT2D eigenvalue weighted by molar-refractivity contribution is 7.54. The highest BCUT2D eigenvalue weighted by atomic mass is 31.2. The second-order valence-corrected chi connectivity index (χ2v) is 27.1. The minimum absolute atomic E-state index is 0.00837. The molecule has 18 nitrogen and oxygen atoms in total. The Kier molecular flexibility index (Phi) is 18.4. The van der Waals surface area contributed by atoms with Crippen LogP contribution in [0.1, 0.15) is 69.2 Å². The molecule has 0 aromatic rings. The van der Waals surface area contributed by atoms with E-state index in [0.29, 0.717) is 39.3 Å². The molecule has 4 rings (SSSR count). The number of nitrogens with zero attached hydrogens (tertiary/aromatic N) is 7. The Balaban J connectivity index is 1.41. The quantitative estimate of drug-likeness (QED) is 0.180. The summed E-state index contributed by atoms with van der Waals surface area (Å²) >= 11 is 0. The van der Waals surface area contributed by atoms with Crippen molar-refractivity contribution in [3.05, 3.63) is 0 Å². The van der Waals surface area contributed by atoms with E-state index in [4.69, 9.17) is 37.3 Å². The Morgan fingerprint density at radius 1 is 0.475 bits per heavy atom. The summed E-state index contributed by atoms with van der Waals surface area (Å²) in [6.45, 7) is 24.5. The highest BCUT2D eigenvalue weighted by Crippen LogP contribution is 2.57. The average molecular weight is 904 g/mol. The van der Waals surface area contributed by atoms with Gasteiger partial charge in [-0.05, 0) is 112 Å². The fourth-order valence-electron chi connectivity index (χ4n) is 7.88. The van der Waals surface area contributed by atoms with Crippen LogP contribution in [0.3, 0.4) is 0 Å². The largest absolute Gasteiger partial charge is 0.373 e. The zero-order chi connectivity index (χ0) is 44.3. The lowest BCUT2D eigenvalue weighted by molar-refractivity contribution is -0.121. The first kappa shape index (κ1) is 51.7. The second-order valence-electron chi connectivity index (χ2n) is 19.3. The molecule has 0 saturated carbocycles. The first-order chi connectivity index (χ1) is 27.1. The third-order valence-corrected chi connectivity index (χ3v) is 18.4. The molecule has 0 aromatic carbocycles. The predicted octanol–water partition coefficient (Wildman–Crippen LogP) is 5.02. The van der Waals surface area contributed by atoms with Crippen molar-refractivity contribution in [2.24, 2.45) is 0 Å². The van der Waals surface area contributed by atoms with Crippen molar-refractivity contribution in [3.8, 4) is 0 Å². The van der Waals surface area contributed by atoms with E-state index in [9.17, 15) is 13.7 Å². The summed E-state index contributed by atoms with van der Waals surface area (Å²) < 4.78 is 105. The van der Waals surface area contributed by atoms with Gasteiger partial charge in [-0.1, -0.05) is 0 Å². The van der Waals surface area contributed by atoms with Crippen LogP contribution in [0.25, 0.3) is 0 Å². The van der Waals surface area contributed by atoms with E-state index in [0.717, 1.165) is 6.54 Å². The van der Waals surface area contributed by atoms with Crippen LogP contribution in [0, 0.1) is 0 Å². The highest BCUT2D eigenvalue weighted by Gasteiger charge is 2.46. The molecule has 0 radical (unpaired) electrons. The molecule has 0 aliphatic carbocycles. The summed E-state index contributed by atoms with van der Waals surface area (Å²) in [5.41, 5.74) is -0.363. The molecule has 4 heterocycles. The van der Waals surface area contributed by atoms with Crippen LogP contribution in [0.15, 0.2) is 0 Å². The lowest BCUT2D eigenvalue weighted by Gasteiger charge is -2.46. The zero-order valence-electron chi connectivity index (χ0n) is 39.1. The van der Waals surface area contributed by atoms with Gasteiger partial charge in [0.25, 0.3) is 0 Å². The number of rotatable bonds is 17. The maximum atomic E-state index is 14.9. The van der Waals surface area contributed by atoms with E-state index in [1.165, 1.54) is 0 Å². The van der Waals surface area contributed by atoms with Gasteiger partial charge in [-0.3, -0.25) is 18.6 Å². The fourth-order valence-corrected chi connectivity index (χ4v) is 14.1. The van der Waals surface area contributed by atoms with E-state index >= 15 is 0 Å². The molecule has 59 heavy (non-hydrogen) atoms. The maximum absolute atomic E-state index is 14.9. The van der Waals surface area contributed by atoms with Crippen LogP contribution < -0.4 is 0 Å². The fraction of sp³-hybridized carbons (Fsp3) is 1.00. The molecule has 11 atom stereocenters. The summed E-state index contributed by atoms with van der Waals surface area (Å²) in [5, 5.41) is 0. The number of morpholine rings is 4. The molecule has 11 unspecified atom stereocenters. The Morgan fingerprint density at radius 2 is 0.763 bits per heavy atom. The number of hydrogen-bond acceptors (Lipinski definition) is 12. The molecule has 0 bridgehead atoms. The van der Waals surface area contributed by atoms with Gasteiger partial charge in [-0.15, -0.1) is 0 Å². The lowest BCUT2D eigenvalue weighted by atomic mass is 10.0.